The average molecular weight is 593 g/mol. The normalized spacial score (nSPS) is 15.7. The van der Waals surface area contributed by atoms with E-state index in [4.69, 9.17) is 27.9 Å². The summed E-state index contributed by atoms with van der Waals surface area (Å²) in [5.41, 5.74) is -5.07. The molecule has 214 valence electrons. The molecule has 1 fully saturated rings. The Kier molecular flexibility index (Phi) is 9.34. The fourth-order valence-corrected chi connectivity index (χ4v) is 5.15. The number of hydrogen-bond acceptors (Lipinski definition) is 6. The molecule has 2 aromatic rings. The van der Waals surface area contributed by atoms with Gasteiger partial charge in [-0.15, -0.1) is 0 Å². The molecule has 1 amide bonds. The van der Waals surface area contributed by atoms with Gasteiger partial charge in [-0.25, -0.2) is 9.48 Å². The third kappa shape index (κ3) is 6.90. The predicted molar refractivity (Wildman–Crippen MR) is 136 cm³/mol. The number of carbonyl (C=O) groups is 3. The summed E-state index contributed by atoms with van der Waals surface area (Å²) < 4.78 is 49.4. The van der Waals surface area contributed by atoms with Gasteiger partial charge in [-0.2, -0.15) is 18.3 Å². The number of ether oxygens (including phenoxy) is 1. The fraction of sp³-hybridized carbons (Fsp3) is 0.560. The number of hydrogen-bond donors (Lipinski definition) is 1. The summed E-state index contributed by atoms with van der Waals surface area (Å²) in [4.78, 5) is 43.6. The van der Waals surface area contributed by atoms with Crippen molar-refractivity contribution in [3.8, 4) is 0 Å². The van der Waals surface area contributed by atoms with Gasteiger partial charge in [0, 0.05) is 18.9 Å². The van der Waals surface area contributed by atoms with Gasteiger partial charge in [0.15, 0.2) is 17.0 Å². The molecule has 0 bridgehead atoms. The van der Waals surface area contributed by atoms with Gasteiger partial charge in [0.05, 0.1) is 46.1 Å². The lowest BCUT2D eigenvalue weighted by Gasteiger charge is -2.35. The van der Waals surface area contributed by atoms with Crippen LogP contribution in [-0.4, -0.2) is 67.7 Å². The van der Waals surface area contributed by atoms with E-state index in [9.17, 15) is 32.7 Å². The number of carboxylic acid groups (broad SMARTS) is 1. The fourth-order valence-electron chi connectivity index (χ4n) is 4.57. The summed E-state index contributed by atoms with van der Waals surface area (Å²) in [7, 11) is 0. The zero-order valence-electron chi connectivity index (χ0n) is 21.6. The summed E-state index contributed by atoms with van der Waals surface area (Å²) in [5, 5.41) is 13.6. The van der Waals surface area contributed by atoms with Crippen molar-refractivity contribution < 1.29 is 37.4 Å². The number of aromatic nitrogens is 3. The zero-order chi connectivity index (χ0) is 29.2. The van der Waals surface area contributed by atoms with Crippen molar-refractivity contribution in [2.75, 3.05) is 19.7 Å². The number of amides is 1. The van der Waals surface area contributed by atoms with Crippen LogP contribution in [0.3, 0.4) is 0 Å². The molecule has 1 N–H and O–H groups in total. The molecule has 0 spiro atoms. The lowest BCUT2D eigenvalue weighted by molar-refractivity contribution is -0.158. The summed E-state index contributed by atoms with van der Waals surface area (Å²) >= 11 is 12.1. The third-order valence-corrected chi connectivity index (χ3v) is 6.98. The molecule has 1 aliphatic carbocycles. The molecule has 3 rings (SSSR count). The molecule has 0 atom stereocenters. The highest BCUT2D eigenvalue weighted by Gasteiger charge is 2.50. The van der Waals surface area contributed by atoms with E-state index in [0.717, 1.165) is 4.90 Å². The highest BCUT2D eigenvalue weighted by Crippen LogP contribution is 2.41. The Morgan fingerprint density at radius 1 is 1.08 bits per heavy atom. The van der Waals surface area contributed by atoms with E-state index in [1.807, 2.05) is 0 Å². The average Bonchev–Trinajstić information content (AvgIpc) is 3.29. The number of rotatable bonds is 9. The zero-order valence-corrected chi connectivity index (χ0v) is 23.2. The molecule has 9 nitrogen and oxygen atoms in total. The molecule has 0 radical (unpaired) electrons. The number of aliphatic carboxylic acids is 1. The number of carboxylic acids is 1. The Labute approximate surface area is 233 Å². The van der Waals surface area contributed by atoms with Gasteiger partial charge in [-0.3, -0.25) is 14.6 Å². The lowest BCUT2D eigenvalue weighted by Crippen LogP contribution is -2.46. The van der Waals surface area contributed by atoms with Gasteiger partial charge in [0.25, 0.3) is 5.91 Å². The van der Waals surface area contributed by atoms with Gasteiger partial charge < -0.3 is 14.7 Å². The molecular weight excluding hydrogens is 564 g/mol. The maximum absolute atomic E-state index is 14.4. The minimum absolute atomic E-state index is 0.0681. The van der Waals surface area contributed by atoms with E-state index in [1.165, 1.54) is 12.4 Å². The van der Waals surface area contributed by atoms with E-state index >= 15 is 0 Å². The topological polar surface area (TPSA) is 115 Å². The molecule has 0 aromatic carbocycles. The van der Waals surface area contributed by atoms with Crippen molar-refractivity contribution in [3.05, 3.63) is 45.5 Å². The lowest BCUT2D eigenvalue weighted by atomic mass is 9.81. The molecule has 1 aliphatic rings. The van der Waals surface area contributed by atoms with Crippen LogP contribution >= 0.6 is 23.2 Å². The first-order valence-corrected chi connectivity index (χ1v) is 13.0. The van der Waals surface area contributed by atoms with Crippen molar-refractivity contribution >= 4 is 40.9 Å². The Bertz CT molecular complexity index is 1220. The first kappa shape index (κ1) is 30.8. The van der Waals surface area contributed by atoms with E-state index < -0.39 is 52.8 Å². The van der Waals surface area contributed by atoms with E-state index in [0.29, 0.717) is 30.1 Å². The second-order valence-electron chi connectivity index (χ2n) is 10.3. The molecule has 2 aromatic heterocycles. The highest BCUT2D eigenvalue weighted by atomic mass is 35.5. The van der Waals surface area contributed by atoms with Crippen LogP contribution in [0.5, 0.6) is 0 Å². The van der Waals surface area contributed by atoms with E-state index in [-0.39, 0.29) is 41.6 Å². The molecule has 0 unspecified atom stereocenters. The van der Waals surface area contributed by atoms with E-state index in [1.54, 1.807) is 20.8 Å². The first-order chi connectivity index (χ1) is 18.1. The minimum atomic E-state index is -5.11. The van der Waals surface area contributed by atoms with Crippen LogP contribution in [0.2, 0.25) is 10.0 Å². The Balaban J connectivity index is 2.06. The third-order valence-electron chi connectivity index (χ3n) is 6.40. The summed E-state index contributed by atoms with van der Waals surface area (Å²) in [5.74, 6) is -3.36. The maximum Gasteiger partial charge on any atom is 0.433 e. The van der Waals surface area contributed by atoms with Crippen LogP contribution < -0.4 is 0 Å². The number of pyridine rings is 1. The Hall–Kier alpha value is -2.70. The number of halogens is 5. The van der Waals surface area contributed by atoms with E-state index in [2.05, 4.69) is 10.1 Å². The smallest absolute Gasteiger partial charge is 0.433 e. The quantitative estimate of drug-likeness (QED) is 0.383. The van der Waals surface area contributed by atoms with Crippen LogP contribution in [0.1, 0.15) is 79.3 Å². The Morgan fingerprint density at radius 3 is 2.18 bits per heavy atom. The van der Waals surface area contributed by atoms with Gasteiger partial charge >= 0.3 is 12.1 Å². The monoisotopic (exact) mass is 592 g/mol. The number of Topliss-reactive ketones (excluding diaryl/α,β-unsaturated/α-hetero) is 1. The maximum atomic E-state index is 14.4. The van der Waals surface area contributed by atoms with Crippen LogP contribution in [-0.2, 0) is 21.2 Å². The van der Waals surface area contributed by atoms with Crippen LogP contribution in [0.4, 0.5) is 13.2 Å². The van der Waals surface area contributed by atoms with Gasteiger partial charge in [-0.05, 0) is 33.6 Å². The molecule has 2 heterocycles. The molecule has 0 aliphatic heterocycles. The second-order valence-corrected chi connectivity index (χ2v) is 11.1. The van der Waals surface area contributed by atoms with Crippen molar-refractivity contribution in [2.45, 2.75) is 70.2 Å². The summed E-state index contributed by atoms with van der Waals surface area (Å²) in [6.07, 6.45) is -0.727. The first-order valence-electron chi connectivity index (χ1n) is 12.2. The summed E-state index contributed by atoms with van der Waals surface area (Å²) in [6, 6.07) is 0. The van der Waals surface area contributed by atoms with Crippen LogP contribution in [0.15, 0.2) is 18.6 Å². The van der Waals surface area contributed by atoms with Gasteiger partial charge in [0.1, 0.15) is 0 Å². The van der Waals surface area contributed by atoms with Crippen molar-refractivity contribution in [1.29, 1.82) is 0 Å². The highest BCUT2D eigenvalue weighted by molar-refractivity contribution is 6.39. The van der Waals surface area contributed by atoms with Gasteiger partial charge in [0.2, 0.25) is 0 Å². The van der Waals surface area contributed by atoms with Crippen molar-refractivity contribution in [1.82, 2.24) is 19.7 Å². The van der Waals surface area contributed by atoms with Crippen LogP contribution in [0.25, 0.3) is 0 Å². The van der Waals surface area contributed by atoms with Crippen LogP contribution in [0, 0.1) is 0 Å². The molecule has 1 saturated carbocycles. The minimum Gasteiger partial charge on any atom is -0.479 e. The molecule has 39 heavy (non-hydrogen) atoms. The van der Waals surface area contributed by atoms with Gasteiger partial charge in [-0.1, -0.05) is 42.5 Å². The number of alkyl halides is 3. The largest absolute Gasteiger partial charge is 0.479 e. The van der Waals surface area contributed by atoms with Crippen molar-refractivity contribution in [3.63, 3.8) is 0 Å². The molecule has 0 saturated heterocycles. The van der Waals surface area contributed by atoms with Crippen molar-refractivity contribution in [2.24, 2.45) is 0 Å². The molecule has 14 heteroatoms. The number of ketones is 1. The molecular formula is C25H29Cl2F3N4O5. The number of carbonyl (C=O) groups excluding carboxylic acids is 2. The number of nitrogens with zero attached hydrogens (tertiary/aromatic N) is 4. The summed E-state index contributed by atoms with van der Waals surface area (Å²) in [6.45, 7) is 4.22. The SMILES string of the molecule is CC(C)(C)OCCN(CC(=O)c1c(Cl)cncc1Cl)C(=O)c1cnn(C2(C(=O)O)CCCCC2)c1C(F)(F)F. The standard InChI is InChI=1S/C25H29Cl2F3N4O5/c1-23(2,3)39-10-9-33(14-18(35)19-16(26)12-31-13-17(19)27)21(36)15-11-32-34(20(15)25(28,29)30)24(22(37)38)7-5-4-6-8-24/h11-13H,4-10,14H2,1-3H3,(H,37,38). The Morgan fingerprint density at radius 2 is 1.67 bits per heavy atom. The predicted octanol–water partition coefficient (Wildman–Crippen LogP) is 5.49. The second kappa shape index (κ2) is 11.8.